The molecule has 1 rings (SSSR count). The van der Waals surface area contributed by atoms with Crippen LogP contribution >= 0.6 is 0 Å². The minimum absolute atomic E-state index is 0.810. The van der Waals surface area contributed by atoms with Crippen LogP contribution in [0.3, 0.4) is 0 Å². The zero-order chi connectivity index (χ0) is 12.3. The molecular formula is C12H24N4O. The van der Waals surface area contributed by atoms with Crippen molar-refractivity contribution in [3.63, 3.8) is 0 Å². The van der Waals surface area contributed by atoms with Gasteiger partial charge < -0.3 is 10.1 Å². The molecule has 1 aromatic heterocycles. The molecule has 0 saturated carbocycles. The van der Waals surface area contributed by atoms with Gasteiger partial charge in [0.05, 0.1) is 6.54 Å². The monoisotopic (exact) mass is 240 g/mol. The van der Waals surface area contributed by atoms with E-state index in [0.717, 1.165) is 44.9 Å². The number of unbranched alkanes of at least 4 members (excludes halogenated alkanes) is 2. The van der Waals surface area contributed by atoms with Crippen molar-refractivity contribution in [2.24, 2.45) is 0 Å². The summed E-state index contributed by atoms with van der Waals surface area (Å²) in [6, 6.07) is 0. The molecule has 0 aliphatic heterocycles. The maximum Gasteiger partial charge on any atom is 0.140 e. The van der Waals surface area contributed by atoms with Gasteiger partial charge in [-0.3, -0.25) is 0 Å². The second-order valence-corrected chi connectivity index (χ2v) is 4.13. The van der Waals surface area contributed by atoms with Crippen LogP contribution in [0.1, 0.15) is 38.4 Å². The highest BCUT2D eigenvalue weighted by Crippen LogP contribution is 1.97. The smallest absolute Gasteiger partial charge is 0.140 e. The van der Waals surface area contributed by atoms with Gasteiger partial charge in [-0.25, -0.2) is 9.67 Å². The van der Waals surface area contributed by atoms with Crippen molar-refractivity contribution in [1.82, 2.24) is 20.1 Å². The lowest BCUT2D eigenvalue weighted by Crippen LogP contribution is -2.18. The summed E-state index contributed by atoms with van der Waals surface area (Å²) >= 11 is 0. The summed E-state index contributed by atoms with van der Waals surface area (Å²) in [6.45, 7) is 5.80. The number of hydrogen-bond donors (Lipinski definition) is 1. The SMILES string of the molecule is CCCn1ncnc1CNCCCCCOC. The molecule has 98 valence electrons. The Morgan fingerprint density at radius 2 is 2.24 bits per heavy atom. The van der Waals surface area contributed by atoms with E-state index in [-0.39, 0.29) is 0 Å². The molecule has 0 atom stereocenters. The summed E-state index contributed by atoms with van der Waals surface area (Å²) in [5.41, 5.74) is 0. The molecule has 1 aromatic rings. The predicted octanol–water partition coefficient (Wildman–Crippen LogP) is 1.59. The normalized spacial score (nSPS) is 10.9. The zero-order valence-corrected chi connectivity index (χ0v) is 11.0. The predicted molar refractivity (Wildman–Crippen MR) is 67.7 cm³/mol. The van der Waals surface area contributed by atoms with Gasteiger partial charge in [0.2, 0.25) is 0 Å². The standard InChI is InChI=1S/C12H24N4O/c1-3-8-16-12(14-11-15-16)10-13-7-5-4-6-9-17-2/h11,13H,3-10H2,1-2H3. The molecule has 0 radical (unpaired) electrons. The third-order valence-electron chi connectivity index (χ3n) is 2.62. The molecule has 0 bridgehead atoms. The number of hydrogen-bond acceptors (Lipinski definition) is 4. The lowest BCUT2D eigenvalue weighted by atomic mass is 10.2. The number of aromatic nitrogens is 3. The molecule has 1 heterocycles. The molecule has 0 aliphatic rings. The van der Waals surface area contributed by atoms with Crippen LogP contribution in [0.4, 0.5) is 0 Å². The van der Waals surface area contributed by atoms with Gasteiger partial charge in [0.15, 0.2) is 0 Å². The molecule has 0 amide bonds. The van der Waals surface area contributed by atoms with E-state index in [2.05, 4.69) is 22.3 Å². The molecule has 0 unspecified atom stereocenters. The lowest BCUT2D eigenvalue weighted by Gasteiger charge is -2.06. The van der Waals surface area contributed by atoms with Crippen LogP contribution in [0.25, 0.3) is 0 Å². The van der Waals surface area contributed by atoms with E-state index in [1.807, 2.05) is 4.68 Å². The molecule has 0 spiro atoms. The van der Waals surface area contributed by atoms with Crippen molar-refractivity contribution in [1.29, 1.82) is 0 Å². The molecule has 0 aliphatic carbocycles. The number of nitrogens with zero attached hydrogens (tertiary/aromatic N) is 3. The first-order chi connectivity index (χ1) is 8.38. The second-order valence-electron chi connectivity index (χ2n) is 4.13. The van der Waals surface area contributed by atoms with Crippen molar-refractivity contribution in [2.45, 2.75) is 45.7 Å². The molecular weight excluding hydrogens is 216 g/mol. The number of ether oxygens (including phenoxy) is 1. The fraction of sp³-hybridized carbons (Fsp3) is 0.833. The van der Waals surface area contributed by atoms with E-state index in [9.17, 15) is 0 Å². The van der Waals surface area contributed by atoms with Gasteiger partial charge in [-0.15, -0.1) is 0 Å². The van der Waals surface area contributed by atoms with Crippen molar-refractivity contribution in [2.75, 3.05) is 20.3 Å². The number of methoxy groups -OCH3 is 1. The van der Waals surface area contributed by atoms with Crippen LogP contribution in [-0.4, -0.2) is 35.0 Å². The van der Waals surface area contributed by atoms with Crippen molar-refractivity contribution >= 4 is 0 Å². The summed E-state index contributed by atoms with van der Waals surface area (Å²) < 4.78 is 6.98. The maximum atomic E-state index is 5.01. The number of nitrogens with one attached hydrogen (secondary N) is 1. The van der Waals surface area contributed by atoms with Gasteiger partial charge in [-0.05, 0) is 32.2 Å². The van der Waals surface area contributed by atoms with Crippen LogP contribution in [-0.2, 0) is 17.8 Å². The van der Waals surface area contributed by atoms with Crippen molar-refractivity contribution in [3.05, 3.63) is 12.2 Å². The Morgan fingerprint density at radius 3 is 3.00 bits per heavy atom. The van der Waals surface area contributed by atoms with Crippen LogP contribution in [0.5, 0.6) is 0 Å². The third-order valence-corrected chi connectivity index (χ3v) is 2.62. The Morgan fingerprint density at radius 1 is 1.35 bits per heavy atom. The summed E-state index contributed by atoms with van der Waals surface area (Å²) in [7, 11) is 1.75. The second kappa shape index (κ2) is 9.13. The quantitative estimate of drug-likeness (QED) is 0.631. The summed E-state index contributed by atoms with van der Waals surface area (Å²) in [5.74, 6) is 1.03. The molecule has 5 heteroatoms. The number of rotatable bonds is 10. The Hall–Kier alpha value is -0.940. The first-order valence-electron chi connectivity index (χ1n) is 6.44. The van der Waals surface area contributed by atoms with E-state index in [0.29, 0.717) is 0 Å². The molecule has 17 heavy (non-hydrogen) atoms. The Labute approximate surface area is 104 Å². The first-order valence-corrected chi connectivity index (χ1v) is 6.44. The van der Waals surface area contributed by atoms with E-state index in [1.165, 1.54) is 12.8 Å². The summed E-state index contributed by atoms with van der Waals surface area (Å²) in [4.78, 5) is 4.25. The largest absolute Gasteiger partial charge is 0.385 e. The van der Waals surface area contributed by atoms with Gasteiger partial charge in [0.25, 0.3) is 0 Å². The summed E-state index contributed by atoms with van der Waals surface area (Å²) in [5, 5.41) is 7.59. The molecule has 5 nitrogen and oxygen atoms in total. The molecule has 0 fully saturated rings. The van der Waals surface area contributed by atoms with E-state index in [1.54, 1.807) is 13.4 Å². The van der Waals surface area contributed by atoms with Gasteiger partial charge in [-0.2, -0.15) is 5.10 Å². The van der Waals surface area contributed by atoms with E-state index in [4.69, 9.17) is 4.74 Å². The van der Waals surface area contributed by atoms with Crippen molar-refractivity contribution in [3.8, 4) is 0 Å². The van der Waals surface area contributed by atoms with Crippen molar-refractivity contribution < 1.29 is 4.74 Å². The topological polar surface area (TPSA) is 52.0 Å². The minimum atomic E-state index is 0.810. The third kappa shape index (κ3) is 5.79. The average Bonchev–Trinajstić information content (AvgIpc) is 2.76. The lowest BCUT2D eigenvalue weighted by molar-refractivity contribution is 0.192. The maximum absolute atomic E-state index is 5.01. The van der Waals surface area contributed by atoms with Crippen LogP contribution in [0, 0.1) is 0 Å². The fourth-order valence-corrected chi connectivity index (χ4v) is 1.70. The highest BCUT2D eigenvalue weighted by atomic mass is 16.5. The Balaban J connectivity index is 2.07. The molecule has 1 N–H and O–H groups in total. The highest BCUT2D eigenvalue weighted by molar-refractivity contribution is 4.83. The average molecular weight is 240 g/mol. The summed E-state index contributed by atoms with van der Waals surface area (Å²) in [6.07, 6.45) is 6.26. The van der Waals surface area contributed by atoms with E-state index >= 15 is 0 Å². The minimum Gasteiger partial charge on any atom is -0.385 e. The van der Waals surface area contributed by atoms with Crippen LogP contribution < -0.4 is 5.32 Å². The number of aryl methyl sites for hydroxylation is 1. The van der Waals surface area contributed by atoms with E-state index < -0.39 is 0 Å². The Kier molecular flexibility index (Phi) is 7.58. The van der Waals surface area contributed by atoms with Gasteiger partial charge in [0.1, 0.15) is 12.2 Å². The molecule has 0 saturated heterocycles. The van der Waals surface area contributed by atoms with Crippen LogP contribution in [0.2, 0.25) is 0 Å². The first kappa shape index (κ1) is 14.1. The molecule has 0 aromatic carbocycles. The van der Waals surface area contributed by atoms with Gasteiger partial charge in [-0.1, -0.05) is 6.92 Å². The fourth-order valence-electron chi connectivity index (χ4n) is 1.70. The van der Waals surface area contributed by atoms with Gasteiger partial charge in [0, 0.05) is 20.3 Å². The van der Waals surface area contributed by atoms with Crippen LogP contribution in [0.15, 0.2) is 6.33 Å². The highest BCUT2D eigenvalue weighted by Gasteiger charge is 2.01. The Bertz CT molecular complexity index is 288. The van der Waals surface area contributed by atoms with Gasteiger partial charge >= 0.3 is 0 Å². The zero-order valence-electron chi connectivity index (χ0n) is 11.0.